The lowest BCUT2D eigenvalue weighted by Crippen LogP contribution is -2.11. The molecule has 10 heteroatoms. The van der Waals surface area contributed by atoms with Gasteiger partial charge in [0, 0.05) is 11.1 Å². The van der Waals surface area contributed by atoms with Crippen LogP contribution in [0.25, 0.3) is 22.8 Å². The number of hydrogen-bond acceptors (Lipinski definition) is 9. The minimum absolute atomic E-state index is 0.412. The van der Waals surface area contributed by atoms with E-state index in [0.717, 1.165) is 22.6 Å². The van der Waals surface area contributed by atoms with Crippen molar-refractivity contribution in [3.63, 3.8) is 0 Å². The second kappa shape index (κ2) is 8.87. The molecule has 0 fully saturated rings. The summed E-state index contributed by atoms with van der Waals surface area (Å²) in [6.45, 7) is 2.55. The van der Waals surface area contributed by atoms with E-state index < -0.39 is 0 Å². The van der Waals surface area contributed by atoms with Crippen molar-refractivity contribution >= 4 is 11.8 Å². The Balaban J connectivity index is 1.44. The van der Waals surface area contributed by atoms with Gasteiger partial charge in [-0.3, -0.25) is 0 Å². The topological polar surface area (TPSA) is 114 Å². The van der Waals surface area contributed by atoms with Crippen LogP contribution in [0.15, 0.2) is 58.2 Å². The first-order valence-corrected chi connectivity index (χ1v) is 10.2. The maximum absolute atomic E-state index is 6.18. The zero-order chi connectivity index (χ0) is 20.9. The molecule has 0 bridgehead atoms. The van der Waals surface area contributed by atoms with E-state index in [9.17, 15) is 0 Å². The number of hydrogen-bond donors (Lipinski definition) is 1. The van der Waals surface area contributed by atoms with Gasteiger partial charge in [-0.25, -0.2) is 4.68 Å². The van der Waals surface area contributed by atoms with E-state index in [2.05, 4.69) is 20.3 Å². The lowest BCUT2D eigenvalue weighted by Gasteiger charge is -2.05. The number of ether oxygens (including phenoxy) is 2. The van der Waals surface area contributed by atoms with Crippen LogP contribution < -0.4 is 15.3 Å². The van der Waals surface area contributed by atoms with Crippen molar-refractivity contribution < 1.29 is 14.0 Å². The predicted molar refractivity (Wildman–Crippen MR) is 113 cm³/mol. The molecule has 0 radical (unpaired) electrons. The summed E-state index contributed by atoms with van der Waals surface area (Å²) in [6.07, 6.45) is 0. The van der Waals surface area contributed by atoms with Crippen LogP contribution in [0.2, 0.25) is 0 Å². The Bertz CT molecular complexity index is 1130. The molecule has 30 heavy (non-hydrogen) atoms. The molecule has 2 N–H and O–H groups in total. The summed E-state index contributed by atoms with van der Waals surface area (Å²) in [4.78, 5) is 4.43. The summed E-state index contributed by atoms with van der Waals surface area (Å²) >= 11 is 1.36. The van der Waals surface area contributed by atoms with Gasteiger partial charge in [0.1, 0.15) is 11.5 Å². The van der Waals surface area contributed by atoms with Crippen molar-refractivity contribution in [3.05, 3.63) is 54.4 Å². The first-order chi connectivity index (χ1) is 14.7. The number of methoxy groups -OCH3 is 1. The Labute approximate surface area is 177 Å². The van der Waals surface area contributed by atoms with Crippen LogP contribution in [0.3, 0.4) is 0 Å². The second-order valence-corrected chi connectivity index (χ2v) is 7.11. The summed E-state index contributed by atoms with van der Waals surface area (Å²) in [7, 11) is 1.61. The molecule has 0 spiro atoms. The van der Waals surface area contributed by atoms with Crippen LogP contribution in [0.5, 0.6) is 11.5 Å². The number of nitrogen functional groups attached to an aromatic ring is 1. The molecular formula is C20H20N6O3S. The van der Waals surface area contributed by atoms with Gasteiger partial charge < -0.3 is 19.8 Å². The molecule has 2 aromatic carbocycles. The van der Waals surface area contributed by atoms with Gasteiger partial charge in [0.25, 0.3) is 0 Å². The van der Waals surface area contributed by atoms with E-state index in [4.69, 9.17) is 19.8 Å². The number of rotatable bonds is 8. The lowest BCUT2D eigenvalue weighted by atomic mass is 10.2. The second-order valence-electron chi connectivity index (χ2n) is 6.17. The summed E-state index contributed by atoms with van der Waals surface area (Å²) in [5, 5.41) is 12.9. The molecule has 0 unspecified atom stereocenters. The Kier molecular flexibility index (Phi) is 5.84. The number of nitrogens with zero attached hydrogens (tertiary/aromatic N) is 5. The first-order valence-electron chi connectivity index (χ1n) is 9.21. The SMILES string of the molecule is CCOc1ccc(-c2nnc(SCc3nc(-c4cccc(OC)c4)no3)n2N)cc1. The number of nitrogens with two attached hydrogens (primary N) is 1. The average molecular weight is 424 g/mol. The average Bonchev–Trinajstić information content (AvgIpc) is 3.40. The van der Waals surface area contributed by atoms with Gasteiger partial charge in [0.15, 0.2) is 5.82 Å². The molecule has 0 atom stereocenters. The fraction of sp³-hybridized carbons (Fsp3) is 0.200. The van der Waals surface area contributed by atoms with E-state index in [1.807, 2.05) is 55.5 Å². The number of benzene rings is 2. The zero-order valence-corrected chi connectivity index (χ0v) is 17.3. The highest BCUT2D eigenvalue weighted by molar-refractivity contribution is 7.98. The maximum Gasteiger partial charge on any atom is 0.237 e. The van der Waals surface area contributed by atoms with Crippen molar-refractivity contribution in [2.45, 2.75) is 17.8 Å². The van der Waals surface area contributed by atoms with Crippen LogP contribution >= 0.6 is 11.8 Å². The van der Waals surface area contributed by atoms with Crippen LogP contribution in [0.1, 0.15) is 12.8 Å². The summed E-state index contributed by atoms with van der Waals surface area (Å²) in [6, 6.07) is 15.0. The molecule has 4 rings (SSSR count). The van der Waals surface area contributed by atoms with Crippen LogP contribution in [-0.2, 0) is 5.75 Å². The molecule has 154 valence electrons. The minimum Gasteiger partial charge on any atom is -0.497 e. The quantitative estimate of drug-likeness (QED) is 0.336. The van der Waals surface area contributed by atoms with E-state index >= 15 is 0 Å². The maximum atomic E-state index is 6.18. The van der Waals surface area contributed by atoms with E-state index in [1.54, 1.807) is 7.11 Å². The highest BCUT2D eigenvalue weighted by Crippen LogP contribution is 2.27. The van der Waals surface area contributed by atoms with Gasteiger partial charge >= 0.3 is 0 Å². The van der Waals surface area contributed by atoms with Gasteiger partial charge in [-0.2, -0.15) is 4.98 Å². The summed E-state index contributed by atoms with van der Waals surface area (Å²) in [5.41, 5.74) is 1.66. The molecule has 0 amide bonds. The summed E-state index contributed by atoms with van der Waals surface area (Å²) < 4.78 is 17.5. The van der Waals surface area contributed by atoms with Gasteiger partial charge in [0.2, 0.25) is 16.9 Å². The highest BCUT2D eigenvalue weighted by Gasteiger charge is 2.15. The standard InChI is InChI=1S/C20H20N6O3S/c1-3-28-15-9-7-13(8-10-15)19-23-24-20(26(19)21)30-12-17-22-18(25-29-17)14-5-4-6-16(11-14)27-2/h4-11H,3,12,21H2,1-2H3. The molecule has 0 saturated carbocycles. The van der Waals surface area contributed by atoms with Crippen molar-refractivity contribution in [2.75, 3.05) is 19.6 Å². The molecule has 2 aromatic heterocycles. The number of thioether (sulfide) groups is 1. The molecule has 0 aliphatic heterocycles. The van der Waals surface area contributed by atoms with Gasteiger partial charge in [-0.1, -0.05) is 29.1 Å². The van der Waals surface area contributed by atoms with E-state index in [-0.39, 0.29) is 0 Å². The third-order valence-corrected chi connectivity index (χ3v) is 5.14. The van der Waals surface area contributed by atoms with Gasteiger partial charge in [-0.05, 0) is 43.3 Å². The Morgan fingerprint density at radius 3 is 2.67 bits per heavy atom. The van der Waals surface area contributed by atoms with Crippen molar-refractivity contribution in [3.8, 4) is 34.3 Å². The van der Waals surface area contributed by atoms with E-state index in [1.165, 1.54) is 16.4 Å². The monoisotopic (exact) mass is 424 g/mol. The lowest BCUT2D eigenvalue weighted by molar-refractivity contribution is 0.340. The Morgan fingerprint density at radius 2 is 1.90 bits per heavy atom. The normalized spacial score (nSPS) is 10.9. The molecule has 0 saturated heterocycles. The molecule has 0 aliphatic rings. The Hall–Kier alpha value is -3.53. The predicted octanol–water partition coefficient (Wildman–Crippen LogP) is 3.41. The molecule has 9 nitrogen and oxygen atoms in total. The van der Waals surface area contributed by atoms with Crippen molar-refractivity contribution in [1.29, 1.82) is 0 Å². The molecule has 2 heterocycles. The highest BCUT2D eigenvalue weighted by atomic mass is 32.2. The zero-order valence-electron chi connectivity index (χ0n) is 16.5. The fourth-order valence-corrected chi connectivity index (χ4v) is 3.45. The van der Waals surface area contributed by atoms with Crippen molar-refractivity contribution in [1.82, 2.24) is 25.0 Å². The molecule has 0 aliphatic carbocycles. The van der Waals surface area contributed by atoms with Crippen molar-refractivity contribution in [2.24, 2.45) is 0 Å². The fourth-order valence-electron chi connectivity index (χ4n) is 2.76. The largest absolute Gasteiger partial charge is 0.497 e. The van der Waals surface area contributed by atoms with E-state index in [0.29, 0.717) is 35.1 Å². The molecule has 4 aromatic rings. The van der Waals surface area contributed by atoms with Crippen LogP contribution in [-0.4, -0.2) is 38.7 Å². The van der Waals surface area contributed by atoms with Gasteiger partial charge in [-0.15, -0.1) is 10.2 Å². The smallest absolute Gasteiger partial charge is 0.237 e. The van der Waals surface area contributed by atoms with Crippen LogP contribution in [0.4, 0.5) is 0 Å². The molecular weight excluding hydrogens is 404 g/mol. The first kappa shape index (κ1) is 19.8. The third kappa shape index (κ3) is 4.23. The number of aromatic nitrogens is 5. The minimum atomic E-state index is 0.412. The summed E-state index contributed by atoms with van der Waals surface area (Å²) in [5.74, 6) is 9.63. The van der Waals surface area contributed by atoms with Crippen LogP contribution in [0, 0.1) is 0 Å². The third-order valence-electron chi connectivity index (χ3n) is 4.21. The Morgan fingerprint density at radius 1 is 1.07 bits per heavy atom. The van der Waals surface area contributed by atoms with Gasteiger partial charge in [0.05, 0.1) is 19.5 Å².